The van der Waals surface area contributed by atoms with E-state index in [1.165, 1.54) is 6.07 Å². The number of guanidine groups is 1. The third-order valence-corrected chi connectivity index (χ3v) is 3.61. The summed E-state index contributed by atoms with van der Waals surface area (Å²) in [5.41, 5.74) is 9.78. The number of benzene rings is 2. The Hall–Kier alpha value is -2.16. The van der Waals surface area contributed by atoms with E-state index in [0.717, 1.165) is 16.8 Å². The van der Waals surface area contributed by atoms with Crippen LogP contribution in [0.2, 0.25) is 0 Å². The molecule has 2 rings (SSSR count). The standard InChI is InChI=1S/C19H23FN4O.HI/c1-12-8-13(2)10-16(9-12)24-19(21)23-7-6-22-18(25)15-5-4-14(3)17(20)11-15;/h4-5,8-11H,6-7H2,1-3H3,(H,22,25)(H3,21,23,24);1H. The summed E-state index contributed by atoms with van der Waals surface area (Å²) in [7, 11) is 0. The molecule has 1 amide bonds. The van der Waals surface area contributed by atoms with Crippen LogP contribution in [-0.4, -0.2) is 25.0 Å². The zero-order valence-corrected chi connectivity index (χ0v) is 17.4. The summed E-state index contributed by atoms with van der Waals surface area (Å²) in [6.45, 7) is 6.30. The van der Waals surface area contributed by atoms with Crippen LogP contribution in [0.4, 0.5) is 10.1 Å². The molecule has 5 nitrogen and oxygen atoms in total. The minimum absolute atomic E-state index is 0. The van der Waals surface area contributed by atoms with E-state index in [9.17, 15) is 9.18 Å². The van der Waals surface area contributed by atoms with Crippen LogP contribution in [0.15, 0.2) is 41.4 Å². The van der Waals surface area contributed by atoms with E-state index in [4.69, 9.17) is 5.73 Å². The Labute approximate surface area is 170 Å². The van der Waals surface area contributed by atoms with E-state index in [1.807, 2.05) is 26.0 Å². The first-order chi connectivity index (χ1) is 11.8. The van der Waals surface area contributed by atoms with Crippen LogP contribution in [0.1, 0.15) is 27.0 Å². The smallest absolute Gasteiger partial charge is 0.251 e. The Bertz CT molecular complexity index is 788. The Kier molecular flexibility index (Phi) is 8.50. The lowest BCUT2D eigenvalue weighted by Gasteiger charge is -2.08. The van der Waals surface area contributed by atoms with Gasteiger partial charge in [0.15, 0.2) is 5.96 Å². The lowest BCUT2D eigenvalue weighted by molar-refractivity contribution is 0.0954. The number of amides is 1. The normalized spacial score (nSPS) is 10.8. The number of hydrogen-bond donors (Lipinski definition) is 3. The van der Waals surface area contributed by atoms with Crippen molar-refractivity contribution >= 4 is 41.5 Å². The third-order valence-electron chi connectivity index (χ3n) is 3.61. The number of rotatable bonds is 5. The fourth-order valence-electron chi connectivity index (χ4n) is 2.42. The van der Waals surface area contributed by atoms with E-state index < -0.39 is 5.82 Å². The molecule has 0 heterocycles. The summed E-state index contributed by atoms with van der Waals surface area (Å²) in [6.07, 6.45) is 0. The number of aliphatic imine (C=N–C) groups is 1. The molecule has 140 valence electrons. The molecule has 0 saturated carbocycles. The molecule has 7 heteroatoms. The fourth-order valence-corrected chi connectivity index (χ4v) is 2.42. The highest BCUT2D eigenvalue weighted by Crippen LogP contribution is 2.13. The maximum atomic E-state index is 13.5. The third kappa shape index (κ3) is 6.62. The summed E-state index contributed by atoms with van der Waals surface area (Å²) in [6, 6.07) is 10.4. The summed E-state index contributed by atoms with van der Waals surface area (Å²) < 4.78 is 13.5. The van der Waals surface area contributed by atoms with Crippen LogP contribution in [0.3, 0.4) is 0 Å². The van der Waals surface area contributed by atoms with Gasteiger partial charge in [0.05, 0.1) is 6.54 Å². The average Bonchev–Trinajstić information content (AvgIpc) is 2.53. The van der Waals surface area contributed by atoms with Crippen molar-refractivity contribution in [3.05, 3.63) is 64.5 Å². The van der Waals surface area contributed by atoms with E-state index in [-0.39, 0.29) is 41.4 Å². The van der Waals surface area contributed by atoms with Gasteiger partial charge in [0.2, 0.25) is 0 Å². The SMILES string of the molecule is Cc1cc(C)cc(NC(N)=NCCNC(=O)c2ccc(C)c(F)c2)c1.I. The van der Waals surface area contributed by atoms with Crippen LogP contribution in [0, 0.1) is 26.6 Å². The number of nitrogens with one attached hydrogen (secondary N) is 2. The van der Waals surface area contributed by atoms with Gasteiger partial charge in [-0.3, -0.25) is 9.79 Å². The van der Waals surface area contributed by atoms with Crippen molar-refractivity contribution in [1.29, 1.82) is 0 Å². The zero-order chi connectivity index (χ0) is 18.4. The van der Waals surface area contributed by atoms with Crippen LogP contribution < -0.4 is 16.4 Å². The Morgan fingerprint density at radius 3 is 2.38 bits per heavy atom. The quantitative estimate of drug-likeness (QED) is 0.271. The Morgan fingerprint density at radius 1 is 1.12 bits per heavy atom. The number of hydrogen-bond acceptors (Lipinski definition) is 2. The second-order valence-electron chi connectivity index (χ2n) is 5.99. The van der Waals surface area contributed by atoms with Crippen LogP contribution in [-0.2, 0) is 0 Å². The zero-order valence-electron chi connectivity index (χ0n) is 15.1. The van der Waals surface area contributed by atoms with Crippen LogP contribution in [0.25, 0.3) is 0 Å². The molecule has 2 aromatic rings. The maximum Gasteiger partial charge on any atom is 0.251 e. The number of nitrogens with two attached hydrogens (primary N) is 1. The fraction of sp³-hybridized carbons (Fsp3) is 0.263. The number of carbonyl (C=O) groups excluding carboxylic acids is 1. The van der Waals surface area contributed by atoms with Crippen molar-refractivity contribution in [3.8, 4) is 0 Å². The monoisotopic (exact) mass is 470 g/mol. The van der Waals surface area contributed by atoms with Gasteiger partial charge >= 0.3 is 0 Å². The molecule has 2 aromatic carbocycles. The van der Waals surface area contributed by atoms with Gasteiger partial charge in [0.25, 0.3) is 5.91 Å². The molecule has 0 fully saturated rings. The number of nitrogens with zero attached hydrogens (tertiary/aromatic N) is 1. The summed E-state index contributed by atoms with van der Waals surface area (Å²) >= 11 is 0. The van der Waals surface area contributed by atoms with Gasteiger partial charge in [-0.25, -0.2) is 4.39 Å². The van der Waals surface area contributed by atoms with Crippen molar-refractivity contribution in [3.63, 3.8) is 0 Å². The van der Waals surface area contributed by atoms with Gasteiger partial charge in [-0.15, -0.1) is 24.0 Å². The summed E-state index contributed by atoms with van der Waals surface area (Å²) in [4.78, 5) is 16.1. The maximum absolute atomic E-state index is 13.5. The van der Waals surface area contributed by atoms with E-state index in [1.54, 1.807) is 19.1 Å². The highest BCUT2D eigenvalue weighted by atomic mass is 127. The lowest BCUT2D eigenvalue weighted by atomic mass is 10.1. The lowest BCUT2D eigenvalue weighted by Crippen LogP contribution is -2.28. The Balaban J connectivity index is 0.00000338. The number of anilines is 1. The van der Waals surface area contributed by atoms with Crippen molar-refractivity contribution in [2.75, 3.05) is 18.4 Å². The predicted molar refractivity (Wildman–Crippen MR) is 115 cm³/mol. The molecule has 4 N–H and O–H groups in total. The van der Waals surface area contributed by atoms with Gasteiger partial charge in [-0.05, 0) is 61.7 Å². The molecule has 0 aromatic heterocycles. The van der Waals surface area contributed by atoms with E-state index in [2.05, 4.69) is 21.7 Å². The molecular weight excluding hydrogens is 446 g/mol. The van der Waals surface area contributed by atoms with Gasteiger partial charge in [-0.1, -0.05) is 12.1 Å². The molecule has 0 atom stereocenters. The highest BCUT2D eigenvalue weighted by molar-refractivity contribution is 14.0. The number of carbonyl (C=O) groups is 1. The molecule has 0 aliphatic heterocycles. The van der Waals surface area contributed by atoms with Gasteiger partial charge in [0, 0.05) is 17.8 Å². The van der Waals surface area contributed by atoms with Gasteiger partial charge in [-0.2, -0.15) is 0 Å². The van der Waals surface area contributed by atoms with E-state index >= 15 is 0 Å². The molecular formula is C19H24FIN4O. The molecule has 0 spiro atoms. The molecule has 0 radical (unpaired) electrons. The number of halogens is 2. The largest absolute Gasteiger partial charge is 0.370 e. The van der Waals surface area contributed by atoms with Crippen LogP contribution in [0.5, 0.6) is 0 Å². The molecule has 0 bridgehead atoms. The first-order valence-electron chi connectivity index (χ1n) is 8.05. The summed E-state index contributed by atoms with van der Waals surface area (Å²) in [5.74, 6) is -0.455. The second kappa shape index (κ2) is 10.1. The first kappa shape index (κ1) is 21.9. The molecule has 0 aliphatic rings. The molecule has 26 heavy (non-hydrogen) atoms. The topological polar surface area (TPSA) is 79.5 Å². The highest BCUT2D eigenvalue weighted by Gasteiger charge is 2.07. The first-order valence-corrected chi connectivity index (χ1v) is 8.05. The van der Waals surface area contributed by atoms with Crippen molar-refractivity contribution in [1.82, 2.24) is 5.32 Å². The van der Waals surface area contributed by atoms with Gasteiger partial charge in [0.1, 0.15) is 5.82 Å². The average molecular weight is 470 g/mol. The van der Waals surface area contributed by atoms with Crippen molar-refractivity contribution in [2.45, 2.75) is 20.8 Å². The minimum Gasteiger partial charge on any atom is -0.370 e. The van der Waals surface area contributed by atoms with Gasteiger partial charge < -0.3 is 16.4 Å². The second-order valence-corrected chi connectivity index (χ2v) is 5.99. The van der Waals surface area contributed by atoms with E-state index in [0.29, 0.717) is 18.7 Å². The summed E-state index contributed by atoms with van der Waals surface area (Å²) in [5, 5.41) is 5.71. The molecule has 0 aliphatic carbocycles. The van der Waals surface area contributed by atoms with Crippen LogP contribution >= 0.6 is 24.0 Å². The van der Waals surface area contributed by atoms with Crippen molar-refractivity contribution in [2.24, 2.45) is 10.7 Å². The number of aryl methyl sites for hydroxylation is 3. The minimum atomic E-state index is -0.396. The Morgan fingerprint density at radius 2 is 1.77 bits per heavy atom. The molecule has 0 unspecified atom stereocenters. The molecule has 0 saturated heterocycles. The predicted octanol–water partition coefficient (Wildman–Crippen LogP) is 3.53. The van der Waals surface area contributed by atoms with Crippen molar-refractivity contribution < 1.29 is 9.18 Å².